The minimum atomic E-state index is -0.180. The molecule has 1 rings (SSSR count). The molecule has 1 atom stereocenters. The summed E-state index contributed by atoms with van der Waals surface area (Å²) in [5, 5.41) is 0. The molecule has 0 spiro atoms. The van der Waals surface area contributed by atoms with E-state index in [-0.39, 0.29) is 11.7 Å². The largest absolute Gasteiger partial charge is 0.347 e. The highest BCUT2D eigenvalue weighted by atomic mass is 16.1. The lowest BCUT2D eigenvalue weighted by Gasteiger charge is -2.07. The lowest BCUT2D eigenvalue weighted by molar-refractivity contribution is 0.540. The zero-order valence-electron chi connectivity index (χ0n) is 8.73. The summed E-state index contributed by atoms with van der Waals surface area (Å²) in [5.74, 6) is 0. The van der Waals surface area contributed by atoms with Gasteiger partial charge in [0.25, 0.3) is 0 Å². The van der Waals surface area contributed by atoms with Crippen molar-refractivity contribution in [2.24, 2.45) is 5.73 Å². The van der Waals surface area contributed by atoms with Crippen molar-refractivity contribution in [3.05, 3.63) is 28.4 Å². The molecule has 0 aliphatic carbocycles. The van der Waals surface area contributed by atoms with Gasteiger partial charge < -0.3 is 5.73 Å². The van der Waals surface area contributed by atoms with Gasteiger partial charge in [-0.05, 0) is 32.3 Å². The van der Waals surface area contributed by atoms with Crippen molar-refractivity contribution in [2.45, 2.75) is 39.3 Å². The van der Waals surface area contributed by atoms with Gasteiger partial charge in [-0.15, -0.1) is 0 Å². The maximum atomic E-state index is 11.3. The Morgan fingerprint density at radius 1 is 1.64 bits per heavy atom. The van der Waals surface area contributed by atoms with E-state index in [0.717, 1.165) is 18.4 Å². The summed E-state index contributed by atoms with van der Waals surface area (Å²) in [6.45, 7) is 4.60. The zero-order chi connectivity index (χ0) is 10.6. The van der Waals surface area contributed by atoms with Crippen LogP contribution in [0.4, 0.5) is 0 Å². The number of nitrogens with zero attached hydrogens (tertiary/aromatic N) is 2. The molecule has 0 amide bonds. The molecule has 0 fully saturated rings. The Hall–Kier alpha value is -1.16. The smallest absolute Gasteiger partial charge is 0.328 e. The van der Waals surface area contributed by atoms with Gasteiger partial charge in [-0.3, -0.25) is 4.57 Å². The van der Waals surface area contributed by atoms with Crippen molar-refractivity contribution in [2.75, 3.05) is 0 Å². The molecule has 2 N–H and O–H groups in total. The Balaban J connectivity index is 2.58. The zero-order valence-corrected chi connectivity index (χ0v) is 8.73. The SMILES string of the molecule is Cc1cnc(=O)n(CCCC(C)N)c1. The Bertz CT molecular complexity index is 343. The van der Waals surface area contributed by atoms with Crippen LogP contribution in [0, 0.1) is 6.92 Å². The Kier molecular flexibility index (Phi) is 3.83. The topological polar surface area (TPSA) is 60.9 Å². The van der Waals surface area contributed by atoms with Gasteiger partial charge in [0.2, 0.25) is 0 Å². The number of rotatable bonds is 4. The summed E-state index contributed by atoms with van der Waals surface area (Å²) in [6.07, 6.45) is 5.27. The summed E-state index contributed by atoms with van der Waals surface area (Å²) in [4.78, 5) is 15.0. The monoisotopic (exact) mass is 195 g/mol. The average Bonchev–Trinajstić information content (AvgIpc) is 2.10. The number of nitrogens with two attached hydrogens (primary N) is 1. The van der Waals surface area contributed by atoms with Crippen molar-refractivity contribution < 1.29 is 0 Å². The number of hydrogen-bond donors (Lipinski definition) is 1. The number of hydrogen-bond acceptors (Lipinski definition) is 3. The second-order valence-electron chi connectivity index (χ2n) is 3.73. The van der Waals surface area contributed by atoms with Crippen LogP contribution in [0.3, 0.4) is 0 Å². The molecule has 1 heterocycles. The fourth-order valence-electron chi connectivity index (χ4n) is 1.31. The van der Waals surface area contributed by atoms with Crippen LogP contribution in [0.1, 0.15) is 25.3 Å². The van der Waals surface area contributed by atoms with Crippen molar-refractivity contribution in [1.82, 2.24) is 9.55 Å². The summed E-state index contributed by atoms with van der Waals surface area (Å²) in [7, 11) is 0. The Morgan fingerprint density at radius 3 is 3.00 bits per heavy atom. The highest BCUT2D eigenvalue weighted by Gasteiger charge is 1.98. The third kappa shape index (κ3) is 3.30. The summed E-state index contributed by atoms with van der Waals surface area (Å²) < 4.78 is 1.64. The van der Waals surface area contributed by atoms with Crippen molar-refractivity contribution in [3.8, 4) is 0 Å². The summed E-state index contributed by atoms with van der Waals surface area (Å²) in [6, 6.07) is 0.198. The number of aryl methyl sites for hydroxylation is 2. The van der Waals surface area contributed by atoms with Crippen LogP contribution >= 0.6 is 0 Å². The van der Waals surface area contributed by atoms with E-state index in [2.05, 4.69) is 4.98 Å². The maximum Gasteiger partial charge on any atom is 0.347 e. The summed E-state index contributed by atoms with van der Waals surface area (Å²) >= 11 is 0. The molecule has 4 heteroatoms. The number of aromatic nitrogens is 2. The molecule has 0 aromatic carbocycles. The molecule has 4 nitrogen and oxygen atoms in total. The highest BCUT2D eigenvalue weighted by molar-refractivity contribution is 4.99. The first-order valence-electron chi connectivity index (χ1n) is 4.88. The van der Waals surface area contributed by atoms with Crippen molar-refractivity contribution in [1.29, 1.82) is 0 Å². The molecule has 1 aromatic heterocycles. The lowest BCUT2D eigenvalue weighted by atomic mass is 10.2. The van der Waals surface area contributed by atoms with Crippen LogP contribution in [-0.2, 0) is 6.54 Å². The molecular weight excluding hydrogens is 178 g/mol. The van der Waals surface area contributed by atoms with Crippen LogP contribution in [0.15, 0.2) is 17.2 Å². The molecule has 0 saturated heterocycles. The van der Waals surface area contributed by atoms with Crippen molar-refractivity contribution in [3.63, 3.8) is 0 Å². The third-order valence-corrected chi connectivity index (χ3v) is 2.04. The van der Waals surface area contributed by atoms with E-state index in [0.29, 0.717) is 6.54 Å². The van der Waals surface area contributed by atoms with Crippen LogP contribution in [-0.4, -0.2) is 15.6 Å². The lowest BCUT2D eigenvalue weighted by Crippen LogP contribution is -2.23. The molecule has 78 valence electrons. The fraction of sp³-hybridized carbons (Fsp3) is 0.600. The normalized spacial score (nSPS) is 12.8. The van der Waals surface area contributed by atoms with Gasteiger partial charge in [-0.1, -0.05) is 0 Å². The highest BCUT2D eigenvalue weighted by Crippen LogP contribution is 1.97. The molecule has 0 bridgehead atoms. The van der Waals surface area contributed by atoms with Crippen molar-refractivity contribution >= 4 is 0 Å². The van der Waals surface area contributed by atoms with E-state index in [1.807, 2.05) is 20.0 Å². The minimum absolute atomic E-state index is 0.180. The van der Waals surface area contributed by atoms with E-state index < -0.39 is 0 Å². The molecule has 0 radical (unpaired) electrons. The van der Waals surface area contributed by atoms with Gasteiger partial charge in [-0.2, -0.15) is 0 Å². The first-order chi connectivity index (χ1) is 6.59. The first kappa shape index (κ1) is 10.9. The second-order valence-corrected chi connectivity index (χ2v) is 3.73. The molecule has 14 heavy (non-hydrogen) atoms. The molecule has 1 aromatic rings. The fourth-order valence-corrected chi connectivity index (χ4v) is 1.31. The maximum absolute atomic E-state index is 11.3. The van der Waals surface area contributed by atoms with Gasteiger partial charge in [0.15, 0.2) is 0 Å². The molecule has 0 aliphatic rings. The predicted molar refractivity (Wildman–Crippen MR) is 56.1 cm³/mol. The Labute approximate surface area is 83.8 Å². The standard InChI is InChI=1S/C10H17N3O/c1-8-6-12-10(14)13(7-8)5-3-4-9(2)11/h6-7,9H,3-5,11H2,1-2H3. The van der Waals surface area contributed by atoms with E-state index in [1.165, 1.54) is 0 Å². The molecule has 0 aliphatic heterocycles. The van der Waals surface area contributed by atoms with E-state index in [9.17, 15) is 4.79 Å². The van der Waals surface area contributed by atoms with Gasteiger partial charge in [0.05, 0.1) is 0 Å². The van der Waals surface area contributed by atoms with Gasteiger partial charge in [0.1, 0.15) is 0 Å². The van der Waals surface area contributed by atoms with E-state index in [4.69, 9.17) is 5.73 Å². The molecule has 0 saturated carbocycles. The average molecular weight is 195 g/mol. The van der Waals surface area contributed by atoms with Gasteiger partial charge in [0, 0.05) is 25.0 Å². The van der Waals surface area contributed by atoms with Crippen LogP contribution < -0.4 is 11.4 Å². The Morgan fingerprint density at radius 2 is 2.36 bits per heavy atom. The van der Waals surface area contributed by atoms with E-state index in [1.54, 1.807) is 10.8 Å². The molecular formula is C10H17N3O. The predicted octanol–water partition coefficient (Wildman–Crippen LogP) is 0.679. The first-order valence-corrected chi connectivity index (χ1v) is 4.88. The molecule has 1 unspecified atom stereocenters. The third-order valence-electron chi connectivity index (χ3n) is 2.04. The quantitative estimate of drug-likeness (QED) is 0.768. The van der Waals surface area contributed by atoms with Gasteiger partial charge in [-0.25, -0.2) is 9.78 Å². The van der Waals surface area contributed by atoms with E-state index >= 15 is 0 Å². The summed E-state index contributed by atoms with van der Waals surface area (Å²) in [5.41, 5.74) is 6.45. The second kappa shape index (κ2) is 4.91. The minimum Gasteiger partial charge on any atom is -0.328 e. The van der Waals surface area contributed by atoms with Gasteiger partial charge >= 0.3 is 5.69 Å². The van der Waals surface area contributed by atoms with Crippen LogP contribution in [0.5, 0.6) is 0 Å². The van der Waals surface area contributed by atoms with Crippen LogP contribution in [0.25, 0.3) is 0 Å². The van der Waals surface area contributed by atoms with Crippen LogP contribution in [0.2, 0.25) is 0 Å².